The van der Waals surface area contributed by atoms with Crippen molar-refractivity contribution in [2.24, 2.45) is 0 Å². The first kappa shape index (κ1) is 14.1. The van der Waals surface area contributed by atoms with Gasteiger partial charge in [-0.2, -0.15) is 0 Å². The van der Waals surface area contributed by atoms with Gasteiger partial charge >= 0.3 is 0 Å². The summed E-state index contributed by atoms with van der Waals surface area (Å²) in [4.78, 5) is 12.3. The van der Waals surface area contributed by atoms with Crippen LogP contribution >= 0.6 is 0 Å². The lowest BCUT2D eigenvalue weighted by Gasteiger charge is -2.41. The minimum absolute atomic E-state index is 0.242. The fraction of sp³-hybridized carbons (Fsp3) is 0.562. The number of hydrogen-bond donors (Lipinski definition) is 1. The lowest BCUT2D eigenvalue weighted by Crippen LogP contribution is -2.49. The highest BCUT2D eigenvalue weighted by Crippen LogP contribution is 2.39. The number of ketones is 1. The summed E-state index contributed by atoms with van der Waals surface area (Å²) in [6.07, 6.45) is 2.38. The Balaban J connectivity index is 0.000000637. The molecule has 0 bridgehead atoms. The van der Waals surface area contributed by atoms with Gasteiger partial charge in [-0.15, -0.1) is 0 Å². The molecule has 0 saturated carbocycles. The fourth-order valence-electron chi connectivity index (χ4n) is 2.89. The maximum absolute atomic E-state index is 12.3. The topological polar surface area (TPSA) is 38.3 Å². The molecule has 1 spiro atoms. The zero-order chi connectivity index (χ0) is 13.9. The molecule has 19 heavy (non-hydrogen) atoms. The minimum Gasteiger partial charge on any atom is -0.486 e. The van der Waals surface area contributed by atoms with Gasteiger partial charge in [0.1, 0.15) is 11.4 Å². The van der Waals surface area contributed by atoms with Crippen LogP contribution in [0, 0.1) is 6.92 Å². The van der Waals surface area contributed by atoms with E-state index in [1.165, 1.54) is 0 Å². The molecule has 1 aromatic carbocycles. The highest BCUT2D eigenvalue weighted by Gasteiger charge is 2.41. The van der Waals surface area contributed by atoms with E-state index >= 15 is 0 Å². The highest BCUT2D eigenvalue weighted by atomic mass is 16.5. The number of ether oxygens (including phenoxy) is 1. The first-order valence-electron chi connectivity index (χ1n) is 7.23. The van der Waals surface area contributed by atoms with Gasteiger partial charge in [-0.1, -0.05) is 26.0 Å². The number of carbonyl (C=O) groups is 1. The molecule has 1 aromatic rings. The van der Waals surface area contributed by atoms with Crippen molar-refractivity contribution in [3.05, 3.63) is 29.3 Å². The van der Waals surface area contributed by atoms with Gasteiger partial charge in [-0.3, -0.25) is 4.79 Å². The third-order valence-corrected chi connectivity index (χ3v) is 3.84. The zero-order valence-corrected chi connectivity index (χ0v) is 12.1. The lowest BCUT2D eigenvalue weighted by molar-refractivity contribution is 0.0186. The SMILES string of the molecule is CC.Cc1cccc2c1C(=O)CC1(CCNCC1)O2. The molecular formula is C16H23NO2. The van der Waals surface area contributed by atoms with Crippen LogP contribution in [0.4, 0.5) is 0 Å². The molecule has 0 aromatic heterocycles. The van der Waals surface area contributed by atoms with Gasteiger partial charge in [0.15, 0.2) is 5.78 Å². The molecule has 3 heteroatoms. The van der Waals surface area contributed by atoms with Crippen LogP contribution in [0.2, 0.25) is 0 Å². The van der Waals surface area contributed by atoms with Gasteiger partial charge in [-0.05, 0) is 31.6 Å². The van der Waals surface area contributed by atoms with Crippen molar-refractivity contribution in [1.82, 2.24) is 5.32 Å². The molecule has 2 aliphatic rings. The third kappa shape index (κ3) is 2.66. The van der Waals surface area contributed by atoms with Gasteiger partial charge < -0.3 is 10.1 Å². The van der Waals surface area contributed by atoms with Crippen LogP contribution in [0.15, 0.2) is 18.2 Å². The molecule has 0 aliphatic carbocycles. The molecule has 2 heterocycles. The standard InChI is InChI=1S/C14H17NO2.C2H6/c1-10-3-2-4-12-13(10)11(16)9-14(17-12)5-7-15-8-6-14;1-2/h2-4,15H,5-9H2,1H3;1-2H3. The van der Waals surface area contributed by atoms with Crippen LogP contribution < -0.4 is 10.1 Å². The third-order valence-electron chi connectivity index (χ3n) is 3.84. The molecule has 2 aliphatic heterocycles. The molecule has 1 saturated heterocycles. The number of nitrogens with one attached hydrogen (secondary N) is 1. The van der Waals surface area contributed by atoms with Crippen LogP contribution in [0.25, 0.3) is 0 Å². The molecule has 1 fully saturated rings. The first-order valence-corrected chi connectivity index (χ1v) is 7.23. The van der Waals surface area contributed by atoms with E-state index in [-0.39, 0.29) is 11.4 Å². The van der Waals surface area contributed by atoms with Gasteiger partial charge in [-0.25, -0.2) is 0 Å². The number of Topliss-reactive ketones (excluding diaryl/α,β-unsaturated/α-hetero) is 1. The van der Waals surface area contributed by atoms with E-state index in [0.29, 0.717) is 6.42 Å². The predicted octanol–water partition coefficient (Wildman–Crippen LogP) is 3.11. The summed E-state index contributed by atoms with van der Waals surface area (Å²) in [6, 6.07) is 5.85. The van der Waals surface area contributed by atoms with Crippen molar-refractivity contribution in [3.63, 3.8) is 0 Å². The van der Waals surface area contributed by atoms with Gasteiger partial charge in [0, 0.05) is 12.8 Å². The first-order chi connectivity index (χ1) is 9.20. The quantitative estimate of drug-likeness (QED) is 0.780. The Morgan fingerprint density at radius 3 is 2.58 bits per heavy atom. The lowest BCUT2D eigenvalue weighted by atomic mass is 9.82. The molecule has 3 rings (SSSR count). The molecule has 3 nitrogen and oxygen atoms in total. The Kier molecular flexibility index (Phi) is 4.25. The molecular weight excluding hydrogens is 238 g/mol. The number of fused-ring (bicyclic) bond motifs is 1. The summed E-state index contributed by atoms with van der Waals surface area (Å²) in [6.45, 7) is 7.85. The normalized spacial score (nSPS) is 20.1. The van der Waals surface area contributed by atoms with Crippen LogP contribution in [0.5, 0.6) is 5.75 Å². The van der Waals surface area contributed by atoms with Crippen molar-refractivity contribution in [2.75, 3.05) is 13.1 Å². The number of hydrogen-bond acceptors (Lipinski definition) is 3. The Labute approximate surface area is 115 Å². The van der Waals surface area contributed by atoms with E-state index in [2.05, 4.69) is 5.32 Å². The number of rotatable bonds is 0. The number of aryl methyl sites for hydroxylation is 1. The average molecular weight is 261 g/mol. The summed E-state index contributed by atoms with van der Waals surface area (Å²) in [5.74, 6) is 1.02. The molecule has 0 atom stereocenters. The summed E-state index contributed by atoms with van der Waals surface area (Å²) in [5.41, 5.74) is 1.57. The smallest absolute Gasteiger partial charge is 0.170 e. The molecule has 104 valence electrons. The van der Waals surface area contributed by atoms with Crippen LogP contribution in [0.1, 0.15) is 49.0 Å². The van der Waals surface area contributed by atoms with Crippen LogP contribution in [-0.4, -0.2) is 24.5 Å². The van der Waals surface area contributed by atoms with Crippen molar-refractivity contribution in [3.8, 4) is 5.75 Å². The summed E-state index contributed by atoms with van der Waals surface area (Å²) < 4.78 is 6.15. The summed E-state index contributed by atoms with van der Waals surface area (Å²) in [7, 11) is 0. The van der Waals surface area contributed by atoms with Crippen LogP contribution in [0.3, 0.4) is 0 Å². The fourth-order valence-corrected chi connectivity index (χ4v) is 2.89. The van der Waals surface area contributed by atoms with Crippen molar-refractivity contribution >= 4 is 5.78 Å². The maximum atomic E-state index is 12.3. The largest absolute Gasteiger partial charge is 0.486 e. The number of carbonyl (C=O) groups excluding carboxylic acids is 1. The second kappa shape index (κ2) is 5.74. The predicted molar refractivity (Wildman–Crippen MR) is 76.9 cm³/mol. The average Bonchev–Trinajstić information content (AvgIpc) is 2.41. The molecule has 0 amide bonds. The Morgan fingerprint density at radius 2 is 1.89 bits per heavy atom. The van der Waals surface area contributed by atoms with E-state index in [4.69, 9.17) is 4.74 Å². The van der Waals surface area contributed by atoms with E-state index in [0.717, 1.165) is 42.8 Å². The zero-order valence-electron chi connectivity index (χ0n) is 12.1. The Hall–Kier alpha value is -1.35. The second-order valence-electron chi connectivity index (χ2n) is 5.08. The van der Waals surface area contributed by atoms with Crippen molar-refractivity contribution in [2.45, 2.75) is 45.6 Å². The van der Waals surface area contributed by atoms with Gasteiger partial charge in [0.25, 0.3) is 0 Å². The summed E-state index contributed by atoms with van der Waals surface area (Å²) in [5, 5.41) is 3.32. The molecule has 0 radical (unpaired) electrons. The Bertz CT molecular complexity index is 462. The van der Waals surface area contributed by atoms with Gasteiger partial charge in [0.2, 0.25) is 0 Å². The Morgan fingerprint density at radius 1 is 1.21 bits per heavy atom. The van der Waals surface area contributed by atoms with E-state index in [1.54, 1.807) is 0 Å². The highest BCUT2D eigenvalue weighted by molar-refractivity contribution is 6.01. The van der Waals surface area contributed by atoms with Crippen molar-refractivity contribution in [1.29, 1.82) is 0 Å². The number of piperidine rings is 1. The number of benzene rings is 1. The second-order valence-corrected chi connectivity index (χ2v) is 5.08. The van der Waals surface area contributed by atoms with E-state index < -0.39 is 0 Å². The van der Waals surface area contributed by atoms with Gasteiger partial charge in [0.05, 0.1) is 12.0 Å². The van der Waals surface area contributed by atoms with E-state index in [9.17, 15) is 4.79 Å². The van der Waals surface area contributed by atoms with Crippen molar-refractivity contribution < 1.29 is 9.53 Å². The maximum Gasteiger partial charge on any atom is 0.170 e. The monoisotopic (exact) mass is 261 g/mol. The molecule has 1 N–H and O–H groups in total. The summed E-state index contributed by atoms with van der Waals surface area (Å²) >= 11 is 0. The van der Waals surface area contributed by atoms with E-state index in [1.807, 2.05) is 39.0 Å². The minimum atomic E-state index is -0.247. The molecule has 0 unspecified atom stereocenters. The van der Waals surface area contributed by atoms with Crippen LogP contribution in [-0.2, 0) is 0 Å².